The number of rotatable bonds is 9. The lowest BCUT2D eigenvalue weighted by Gasteiger charge is -2.37. The number of hydrogen-bond acceptors (Lipinski definition) is 5. The van der Waals surface area contributed by atoms with E-state index in [0.29, 0.717) is 12.3 Å². The quantitative estimate of drug-likeness (QED) is 0.251. The first kappa shape index (κ1) is 27.3. The summed E-state index contributed by atoms with van der Waals surface area (Å²) in [4.78, 5) is 13.3. The van der Waals surface area contributed by atoms with E-state index in [0.717, 1.165) is 35.7 Å². The maximum atomic E-state index is 11.0. The number of carbonyl (C=O) groups is 1. The summed E-state index contributed by atoms with van der Waals surface area (Å²) in [6, 6.07) is 29.0. The van der Waals surface area contributed by atoms with Gasteiger partial charge >= 0.3 is 5.97 Å². The normalized spacial score (nSPS) is 15.2. The van der Waals surface area contributed by atoms with Crippen LogP contribution in [-0.4, -0.2) is 36.9 Å². The van der Waals surface area contributed by atoms with E-state index < -0.39 is 5.97 Å². The Labute approximate surface area is 229 Å². The van der Waals surface area contributed by atoms with Gasteiger partial charge in [-0.15, -0.1) is 12.4 Å². The second-order valence-electron chi connectivity index (χ2n) is 9.43. The number of nitrogens with zero attached hydrogens (tertiary/aromatic N) is 1. The number of nitrogens with one attached hydrogen (secondary N) is 1. The molecular weight excluding hydrogens is 500 g/mol. The summed E-state index contributed by atoms with van der Waals surface area (Å²) in [5.74, 6) is 0.426. The van der Waals surface area contributed by atoms with Gasteiger partial charge in [-0.05, 0) is 67.4 Å². The van der Waals surface area contributed by atoms with Crippen molar-refractivity contribution in [3.8, 4) is 11.5 Å². The van der Waals surface area contributed by atoms with E-state index in [-0.39, 0.29) is 31.2 Å². The second-order valence-corrected chi connectivity index (χ2v) is 9.43. The van der Waals surface area contributed by atoms with Crippen LogP contribution in [0.15, 0.2) is 84.9 Å². The number of fused-ring (bicyclic) bond motifs is 2. The van der Waals surface area contributed by atoms with Gasteiger partial charge in [0.2, 0.25) is 0 Å². The Morgan fingerprint density at radius 3 is 2.58 bits per heavy atom. The smallest absolute Gasteiger partial charge is 0.341 e. The van der Waals surface area contributed by atoms with Crippen LogP contribution in [0.4, 0.5) is 11.4 Å². The van der Waals surface area contributed by atoms with E-state index in [1.165, 1.54) is 16.3 Å². The van der Waals surface area contributed by atoms with Crippen molar-refractivity contribution in [1.82, 2.24) is 5.32 Å². The van der Waals surface area contributed by atoms with Crippen LogP contribution < -0.4 is 19.7 Å². The van der Waals surface area contributed by atoms with Crippen LogP contribution >= 0.6 is 12.4 Å². The lowest BCUT2D eigenvalue weighted by molar-refractivity contribution is -0.139. The first-order chi connectivity index (χ1) is 18.0. The average Bonchev–Trinajstić information content (AvgIpc) is 2.91. The first-order valence-corrected chi connectivity index (χ1v) is 12.7. The molecule has 0 amide bonds. The highest BCUT2D eigenvalue weighted by Gasteiger charge is 2.28. The molecule has 198 valence electrons. The van der Waals surface area contributed by atoms with Gasteiger partial charge in [-0.3, -0.25) is 0 Å². The van der Waals surface area contributed by atoms with E-state index >= 15 is 0 Å². The molecule has 1 aliphatic rings. The predicted octanol–water partition coefficient (Wildman–Crippen LogP) is 6.67. The van der Waals surface area contributed by atoms with Crippen LogP contribution in [0.3, 0.4) is 0 Å². The number of halogens is 1. The molecule has 38 heavy (non-hydrogen) atoms. The van der Waals surface area contributed by atoms with Crippen molar-refractivity contribution in [2.45, 2.75) is 32.4 Å². The SMILES string of the molecule is Cc1c(OCC(=O)O)cccc1N1CC(CCN[C@H](C)c2cccc3ccccc23)Oc2ccccc21.Cl. The minimum absolute atomic E-state index is 0. The fourth-order valence-electron chi connectivity index (χ4n) is 5.07. The van der Waals surface area contributed by atoms with Crippen LogP contribution in [0, 0.1) is 6.92 Å². The molecular formula is C31H33ClN2O4. The monoisotopic (exact) mass is 532 g/mol. The molecule has 0 aromatic heterocycles. The lowest BCUT2D eigenvalue weighted by Crippen LogP contribution is -2.39. The van der Waals surface area contributed by atoms with Crippen LogP contribution in [0.1, 0.15) is 30.5 Å². The van der Waals surface area contributed by atoms with Crippen molar-refractivity contribution >= 4 is 40.5 Å². The van der Waals surface area contributed by atoms with Gasteiger partial charge in [0.25, 0.3) is 0 Å². The van der Waals surface area contributed by atoms with Crippen LogP contribution in [0.2, 0.25) is 0 Å². The van der Waals surface area contributed by atoms with Crippen molar-refractivity contribution in [2.75, 3.05) is 24.6 Å². The minimum Gasteiger partial charge on any atom is -0.486 e. The van der Waals surface area contributed by atoms with Crippen molar-refractivity contribution in [3.63, 3.8) is 0 Å². The molecule has 2 atom stereocenters. The molecule has 4 aromatic carbocycles. The highest BCUT2D eigenvalue weighted by molar-refractivity contribution is 5.86. The molecule has 0 spiro atoms. The van der Waals surface area contributed by atoms with Gasteiger partial charge in [-0.1, -0.05) is 60.7 Å². The van der Waals surface area contributed by atoms with Crippen molar-refractivity contribution in [3.05, 3.63) is 96.1 Å². The molecule has 0 saturated carbocycles. The Hall–Kier alpha value is -3.74. The lowest BCUT2D eigenvalue weighted by atomic mass is 9.99. The zero-order chi connectivity index (χ0) is 25.8. The summed E-state index contributed by atoms with van der Waals surface area (Å²) in [5.41, 5.74) is 4.18. The summed E-state index contributed by atoms with van der Waals surface area (Å²) in [5, 5.41) is 15.3. The van der Waals surface area contributed by atoms with E-state index in [2.05, 4.69) is 65.7 Å². The molecule has 0 fully saturated rings. The second kappa shape index (κ2) is 12.2. The fraction of sp³-hybridized carbons (Fsp3) is 0.258. The van der Waals surface area contributed by atoms with Crippen LogP contribution in [-0.2, 0) is 4.79 Å². The number of ether oxygens (including phenoxy) is 2. The van der Waals surface area contributed by atoms with Gasteiger partial charge in [0, 0.05) is 17.3 Å². The van der Waals surface area contributed by atoms with E-state index in [4.69, 9.17) is 14.6 Å². The number of hydrogen-bond donors (Lipinski definition) is 2. The van der Waals surface area contributed by atoms with Gasteiger partial charge in [0.15, 0.2) is 6.61 Å². The predicted molar refractivity (Wildman–Crippen MR) is 154 cm³/mol. The Kier molecular flexibility index (Phi) is 8.77. The highest BCUT2D eigenvalue weighted by atomic mass is 35.5. The minimum atomic E-state index is -0.994. The number of anilines is 2. The molecule has 1 heterocycles. The van der Waals surface area contributed by atoms with Gasteiger partial charge in [0.1, 0.15) is 17.6 Å². The molecule has 0 radical (unpaired) electrons. The highest BCUT2D eigenvalue weighted by Crippen LogP contribution is 2.41. The zero-order valence-corrected chi connectivity index (χ0v) is 22.4. The molecule has 5 rings (SSSR count). The van der Waals surface area contributed by atoms with Gasteiger partial charge in [0.05, 0.1) is 12.2 Å². The zero-order valence-electron chi connectivity index (χ0n) is 21.6. The Balaban J connectivity index is 0.00000336. The Morgan fingerprint density at radius 2 is 1.74 bits per heavy atom. The maximum Gasteiger partial charge on any atom is 0.341 e. The fourth-order valence-corrected chi connectivity index (χ4v) is 5.07. The van der Waals surface area contributed by atoms with E-state index in [1.807, 2.05) is 43.3 Å². The number of aliphatic carboxylic acids is 1. The molecule has 1 unspecified atom stereocenters. The maximum absolute atomic E-state index is 11.0. The van der Waals surface area contributed by atoms with Crippen molar-refractivity contribution < 1.29 is 19.4 Å². The summed E-state index contributed by atoms with van der Waals surface area (Å²) in [6.45, 7) is 5.30. The third kappa shape index (κ3) is 5.87. The van der Waals surface area contributed by atoms with E-state index in [1.54, 1.807) is 0 Å². The first-order valence-electron chi connectivity index (χ1n) is 12.7. The molecule has 0 bridgehead atoms. The van der Waals surface area contributed by atoms with E-state index in [9.17, 15) is 4.79 Å². The standard InChI is InChI=1S/C31H32N2O4.ClH/c1-21-27(14-8-16-29(21)36-20-31(34)35)33-19-24(37-30-15-6-5-13-28(30)33)17-18-32-22(2)25-12-7-10-23-9-3-4-11-26(23)25;/h3-16,22,24,32H,17-20H2,1-2H3,(H,34,35);1H/t22-,24?;/m1./s1. The average molecular weight is 533 g/mol. The largest absolute Gasteiger partial charge is 0.486 e. The molecule has 2 N–H and O–H groups in total. The summed E-state index contributed by atoms with van der Waals surface area (Å²) < 4.78 is 11.9. The Morgan fingerprint density at radius 1 is 1.03 bits per heavy atom. The molecule has 0 aliphatic carbocycles. The number of para-hydroxylation sites is 2. The molecule has 7 heteroatoms. The number of carboxylic acids is 1. The topological polar surface area (TPSA) is 71.0 Å². The number of carboxylic acid groups (broad SMARTS) is 1. The van der Waals surface area contributed by atoms with Gasteiger partial charge in [-0.25, -0.2) is 4.79 Å². The van der Waals surface area contributed by atoms with Gasteiger partial charge in [-0.2, -0.15) is 0 Å². The molecule has 4 aromatic rings. The van der Waals surface area contributed by atoms with Crippen LogP contribution in [0.5, 0.6) is 11.5 Å². The summed E-state index contributed by atoms with van der Waals surface area (Å²) in [7, 11) is 0. The van der Waals surface area contributed by atoms with Crippen LogP contribution in [0.25, 0.3) is 10.8 Å². The molecule has 6 nitrogen and oxygen atoms in total. The third-order valence-corrected chi connectivity index (χ3v) is 6.94. The van der Waals surface area contributed by atoms with Crippen molar-refractivity contribution in [1.29, 1.82) is 0 Å². The Bertz CT molecular complexity index is 1400. The van der Waals surface area contributed by atoms with Crippen molar-refractivity contribution in [2.24, 2.45) is 0 Å². The summed E-state index contributed by atoms with van der Waals surface area (Å²) in [6.07, 6.45) is 0.832. The third-order valence-electron chi connectivity index (χ3n) is 6.94. The van der Waals surface area contributed by atoms with Gasteiger partial charge < -0.3 is 24.8 Å². The summed E-state index contributed by atoms with van der Waals surface area (Å²) >= 11 is 0. The number of benzene rings is 4. The molecule has 1 aliphatic heterocycles. The molecule has 0 saturated heterocycles.